The molecule has 0 fully saturated rings. The summed E-state index contributed by atoms with van der Waals surface area (Å²) in [6, 6.07) is 17.8. The summed E-state index contributed by atoms with van der Waals surface area (Å²) in [5, 5.41) is 4.07. The van der Waals surface area contributed by atoms with Gasteiger partial charge < -0.3 is 4.90 Å². The summed E-state index contributed by atoms with van der Waals surface area (Å²) in [5.41, 5.74) is 4.08. The zero-order valence-corrected chi connectivity index (χ0v) is 22.5. The standard InChI is InChI=1S/C27H33N2S.ClHO4/c1-6-18-29(19-7-2)25-17-14-21(30-25)13-16-24-27(3,4)26-22-11-9-8-10-20(22)12-15-23(26)28(24)5;2-1(3,4)5/h8-17H,6-7,18-19H2,1-5H3;(H,2,3,4,5)/q+1;/p-1. The maximum Gasteiger partial charge on any atom is 0.210 e. The Labute approximate surface area is 213 Å². The van der Waals surface area contributed by atoms with E-state index in [-0.39, 0.29) is 5.41 Å². The lowest BCUT2D eigenvalue weighted by Crippen LogP contribution is -2.68. The van der Waals surface area contributed by atoms with Gasteiger partial charge in [0.15, 0.2) is 5.71 Å². The fourth-order valence-electron chi connectivity index (χ4n) is 4.83. The summed E-state index contributed by atoms with van der Waals surface area (Å²) in [5.74, 6) is 0. The van der Waals surface area contributed by atoms with E-state index in [4.69, 9.17) is 18.6 Å². The Morgan fingerprint density at radius 3 is 2.17 bits per heavy atom. The van der Waals surface area contributed by atoms with Crippen molar-refractivity contribution in [1.29, 1.82) is 0 Å². The fraction of sp³-hybridized carbons (Fsp3) is 0.370. The molecule has 1 aliphatic rings. The maximum atomic E-state index is 8.49. The van der Waals surface area contributed by atoms with Gasteiger partial charge in [-0.05, 0) is 61.7 Å². The highest BCUT2D eigenvalue weighted by atomic mass is 35.7. The van der Waals surface area contributed by atoms with Crippen molar-refractivity contribution in [3.05, 3.63) is 65.0 Å². The van der Waals surface area contributed by atoms with Gasteiger partial charge in [0.2, 0.25) is 5.69 Å². The van der Waals surface area contributed by atoms with Crippen LogP contribution in [0.3, 0.4) is 0 Å². The molecule has 0 aliphatic carbocycles. The van der Waals surface area contributed by atoms with E-state index in [1.807, 2.05) is 11.3 Å². The lowest BCUT2D eigenvalue weighted by molar-refractivity contribution is -2.00. The molecule has 8 heteroatoms. The number of fused-ring (bicyclic) bond motifs is 3. The molecular formula is C27H33ClN2O4S. The van der Waals surface area contributed by atoms with Gasteiger partial charge in [0.05, 0.1) is 10.4 Å². The molecule has 0 bridgehead atoms. The van der Waals surface area contributed by atoms with E-state index in [2.05, 4.69) is 105 Å². The van der Waals surface area contributed by atoms with Crippen LogP contribution in [0.25, 0.3) is 16.8 Å². The third-order valence-corrected chi connectivity index (χ3v) is 7.32. The fourth-order valence-corrected chi connectivity index (χ4v) is 5.79. The van der Waals surface area contributed by atoms with Crippen LogP contribution in [0.4, 0.5) is 10.7 Å². The number of hydrogen-bond donors (Lipinski definition) is 0. The number of hydrogen-bond acceptors (Lipinski definition) is 6. The Hall–Kier alpha value is -2.26. The zero-order valence-electron chi connectivity index (χ0n) is 20.9. The highest BCUT2D eigenvalue weighted by Gasteiger charge is 2.44. The SMILES string of the molecule is CCCN(CCC)c1ccc(C=CC2=[N+](C)c3ccc4ccccc4c3C2(C)C)s1.[O-][Cl+3]([O-])([O-])[O-]. The molecule has 4 rings (SSSR count). The number of anilines is 1. The lowest BCUT2D eigenvalue weighted by Gasteiger charge is -2.21. The van der Waals surface area contributed by atoms with Gasteiger partial charge in [0.1, 0.15) is 7.05 Å². The van der Waals surface area contributed by atoms with Gasteiger partial charge in [-0.3, -0.25) is 0 Å². The summed E-state index contributed by atoms with van der Waals surface area (Å²) < 4.78 is 36.3. The van der Waals surface area contributed by atoms with E-state index in [1.54, 1.807) is 0 Å². The predicted octanol–water partition coefficient (Wildman–Crippen LogP) is 2.49. The van der Waals surface area contributed by atoms with Crippen molar-refractivity contribution >= 4 is 44.6 Å². The summed E-state index contributed by atoms with van der Waals surface area (Å²) in [6.45, 7) is 11.5. The third kappa shape index (κ3) is 6.50. The zero-order chi connectivity index (χ0) is 25.8. The highest BCUT2D eigenvalue weighted by Crippen LogP contribution is 2.43. The van der Waals surface area contributed by atoms with Gasteiger partial charge in [-0.25, -0.2) is 18.6 Å². The summed E-state index contributed by atoms with van der Waals surface area (Å²) in [6.07, 6.45) is 7.00. The minimum atomic E-state index is -4.94. The van der Waals surface area contributed by atoms with Crippen LogP contribution < -0.4 is 23.5 Å². The number of halogens is 1. The van der Waals surface area contributed by atoms with Gasteiger partial charge in [0.25, 0.3) is 0 Å². The van der Waals surface area contributed by atoms with E-state index in [9.17, 15) is 0 Å². The van der Waals surface area contributed by atoms with Crippen LogP contribution in [0.1, 0.15) is 51.0 Å². The van der Waals surface area contributed by atoms with Crippen LogP contribution in [0, 0.1) is 10.2 Å². The predicted molar refractivity (Wildman–Crippen MR) is 134 cm³/mol. The third-order valence-electron chi connectivity index (χ3n) is 6.21. The molecule has 6 nitrogen and oxygen atoms in total. The van der Waals surface area contributed by atoms with Crippen molar-refractivity contribution in [2.24, 2.45) is 0 Å². The number of thiophene rings is 1. The second-order valence-electron chi connectivity index (χ2n) is 9.12. The Balaban J connectivity index is 0.000000623. The van der Waals surface area contributed by atoms with E-state index in [0.29, 0.717) is 0 Å². The molecule has 0 atom stereocenters. The quantitative estimate of drug-likeness (QED) is 0.449. The van der Waals surface area contributed by atoms with Crippen molar-refractivity contribution in [3.8, 4) is 0 Å². The first-order chi connectivity index (χ1) is 16.5. The summed E-state index contributed by atoms with van der Waals surface area (Å²) in [4.78, 5) is 3.84. The number of allylic oxidation sites excluding steroid dienone is 1. The number of rotatable bonds is 7. The van der Waals surface area contributed by atoms with Gasteiger partial charge >= 0.3 is 0 Å². The van der Waals surface area contributed by atoms with Gasteiger partial charge in [0, 0.05) is 35.7 Å². The monoisotopic (exact) mass is 516 g/mol. The number of nitrogens with zero attached hydrogens (tertiary/aromatic N) is 2. The molecule has 0 spiro atoms. The average molecular weight is 517 g/mol. The van der Waals surface area contributed by atoms with Crippen LogP contribution in [0.15, 0.2) is 54.6 Å². The smallest absolute Gasteiger partial charge is 0.210 e. The minimum Gasteiger partial charge on any atom is -0.363 e. The van der Waals surface area contributed by atoms with Crippen LogP contribution >= 0.6 is 11.3 Å². The van der Waals surface area contributed by atoms with Crippen LogP contribution in [0.5, 0.6) is 0 Å². The molecule has 2 aromatic carbocycles. The largest absolute Gasteiger partial charge is 0.363 e. The molecule has 3 aromatic rings. The molecule has 2 heterocycles. The summed E-state index contributed by atoms with van der Waals surface area (Å²) in [7, 11) is -2.74. The molecule has 35 heavy (non-hydrogen) atoms. The van der Waals surface area contributed by atoms with E-state index >= 15 is 0 Å². The molecule has 0 N–H and O–H groups in total. The Morgan fingerprint density at radius 1 is 0.914 bits per heavy atom. The molecule has 0 amide bonds. The Kier molecular flexibility index (Phi) is 8.75. The average Bonchev–Trinajstić information content (AvgIpc) is 3.32. The maximum absolute atomic E-state index is 8.49. The molecule has 0 saturated carbocycles. The van der Waals surface area contributed by atoms with Gasteiger partial charge in [-0.15, -0.1) is 21.6 Å². The molecule has 1 aromatic heterocycles. The van der Waals surface area contributed by atoms with Crippen LogP contribution in [-0.2, 0) is 5.41 Å². The van der Waals surface area contributed by atoms with Crippen molar-refractivity contribution in [3.63, 3.8) is 0 Å². The molecule has 1 aliphatic heterocycles. The van der Waals surface area contributed by atoms with Crippen molar-refractivity contribution in [2.45, 2.75) is 46.0 Å². The topological polar surface area (TPSA) is 98.5 Å². The van der Waals surface area contributed by atoms with E-state index in [1.165, 1.54) is 50.5 Å². The van der Waals surface area contributed by atoms with Crippen LogP contribution in [0.2, 0.25) is 0 Å². The first-order valence-electron chi connectivity index (χ1n) is 11.7. The first-order valence-corrected chi connectivity index (χ1v) is 13.8. The van der Waals surface area contributed by atoms with Gasteiger partial charge in [-0.1, -0.05) is 38.1 Å². The second kappa shape index (κ2) is 11.2. The Morgan fingerprint density at radius 2 is 1.54 bits per heavy atom. The van der Waals surface area contributed by atoms with E-state index in [0.717, 1.165) is 13.1 Å². The first kappa shape index (κ1) is 27.3. The molecule has 0 unspecified atom stereocenters. The second-order valence-corrected chi connectivity index (χ2v) is 11.0. The molecule has 0 saturated heterocycles. The normalized spacial score (nSPS) is 14.9. The minimum absolute atomic E-state index is 0.0298. The van der Waals surface area contributed by atoms with Gasteiger partial charge in [-0.2, -0.15) is 4.58 Å². The molecule has 0 radical (unpaired) electrons. The Bertz CT molecular complexity index is 1220. The highest BCUT2D eigenvalue weighted by molar-refractivity contribution is 7.16. The lowest BCUT2D eigenvalue weighted by atomic mass is 9.79. The van der Waals surface area contributed by atoms with Crippen molar-refractivity contribution in [2.75, 3.05) is 25.0 Å². The van der Waals surface area contributed by atoms with Crippen molar-refractivity contribution < 1.29 is 33.5 Å². The van der Waals surface area contributed by atoms with E-state index < -0.39 is 10.2 Å². The summed E-state index contributed by atoms with van der Waals surface area (Å²) >= 11 is 1.90. The van der Waals surface area contributed by atoms with Crippen molar-refractivity contribution in [1.82, 2.24) is 0 Å². The molecular weight excluding hydrogens is 484 g/mol. The molecule has 188 valence electrons. The van der Waals surface area contributed by atoms with Crippen LogP contribution in [-0.4, -0.2) is 30.4 Å². The number of benzene rings is 2.